The lowest BCUT2D eigenvalue weighted by molar-refractivity contribution is 0.141. The lowest BCUT2D eigenvalue weighted by Gasteiger charge is -2.00. The Balaban J connectivity index is 2.41. The van der Waals surface area contributed by atoms with Gasteiger partial charge in [-0.25, -0.2) is 5.90 Å². The van der Waals surface area contributed by atoms with Gasteiger partial charge < -0.3 is 4.84 Å². The minimum absolute atomic E-state index is 0.531. The van der Waals surface area contributed by atoms with Crippen molar-refractivity contribution >= 4 is 26.8 Å². The van der Waals surface area contributed by atoms with E-state index in [9.17, 15) is 0 Å². The van der Waals surface area contributed by atoms with Gasteiger partial charge in [-0.15, -0.1) is 0 Å². The first-order chi connectivity index (χ1) is 7.22. The van der Waals surface area contributed by atoms with Crippen molar-refractivity contribution in [3.05, 3.63) is 28.4 Å². The first-order valence-corrected chi connectivity index (χ1v) is 5.44. The van der Waals surface area contributed by atoms with Crippen LogP contribution in [0.3, 0.4) is 0 Å². The SMILES string of the molecule is Cn1nc(Br)c2cc(CCON)ccc21. The molecule has 0 saturated heterocycles. The van der Waals surface area contributed by atoms with Crippen LogP contribution in [0.2, 0.25) is 0 Å². The molecule has 1 aromatic carbocycles. The summed E-state index contributed by atoms with van der Waals surface area (Å²) in [6.07, 6.45) is 0.813. The molecule has 0 aliphatic rings. The Morgan fingerprint density at radius 1 is 1.53 bits per heavy atom. The van der Waals surface area contributed by atoms with Gasteiger partial charge in [0.05, 0.1) is 12.1 Å². The maximum Gasteiger partial charge on any atom is 0.135 e. The van der Waals surface area contributed by atoms with E-state index in [-0.39, 0.29) is 0 Å². The molecule has 80 valence electrons. The first-order valence-electron chi connectivity index (χ1n) is 4.65. The van der Waals surface area contributed by atoms with E-state index in [4.69, 9.17) is 5.90 Å². The number of halogens is 1. The van der Waals surface area contributed by atoms with E-state index in [0.717, 1.165) is 21.9 Å². The van der Waals surface area contributed by atoms with E-state index in [2.05, 4.69) is 44.1 Å². The van der Waals surface area contributed by atoms with Crippen molar-refractivity contribution in [2.24, 2.45) is 12.9 Å². The van der Waals surface area contributed by atoms with Gasteiger partial charge in [-0.2, -0.15) is 5.10 Å². The summed E-state index contributed by atoms with van der Waals surface area (Å²) in [6.45, 7) is 0.531. The molecule has 5 heteroatoms. The molecule has 0 saturated carbocycles. The lowest BCUT2D eigenvalue weighted by atomic mass is 10.1. The number of aromatic nitrogens is 2. The fraction of sp³-hybridized carbons (Fsp3) is 0.300. The number of aryl methyl sites for hydroxylation is 1. The third-order valence-corrected chi connectivity index (χ3v) is 2.96. The summed E-state index contributed by atoms with van der Waals surface area (Å²) in [6, 6.07) is 6.22. The van der Waals surface area contributed by atoms with Gasteiger partial charge in [0.15, 0.2) is 0 Å². The molecule has 0 fully saturated rings. The van der Waals surface area contributed by atoms with Gasteiger partial charge in [-0.1, -0.05) is 6.07 Å². The number of nitrogens with zero attached hydrogens (tertiary/aromatic N) is 2. The molecule has 0 spiro atoms. The fourth-order valence-corrected chi connectivity index (χ4v) is 2.16. The maximum atomic E-state index is 5.00. The van der Waals surface area contributed by atoms with Gasteiger partial charge >= 0.3 is 0 Å². The van der Waals surface area contributed by atoms with E-state index in [0.29, 0.717) is 6.61 Å². The molecule has 15 heavy (non-hydrogen) atoms. The van der Waals surface area contributed by atoms with Gasteiger partial charge in [0.2, 0.25) is 0 Å². The summed E-state index contributed by atoms with van der Waals surface area (Å²) in [7, 11) is 1.93. The molecular formula is C10H12BrN3O. The highest BCUT2D eigenvalue weighted by Gasteiger charge is 2.06. The molecule has 0 unspecified atom stereocenters. The molecule has 0 aliphatic carbocycles. The van der Waals surface area contributed by atoms with Crippen molar-refractivity contribution in [1.29, 1.82) is 0 Å². The monoisotopic (exact) mass is 269 g/mol. The maximum absolute atomic E-state index is 5.00. The highest BCUT2D eigenvalue weighted by Crippen LogP contribution is 2.23. The molecule has 2 rings (SSSR count). The summed E-state index contributed by atoms with van der Waals surface area (Å²) >= 11 is 3.43. The van der Waals surface area contributed by atoms with Crippen molar-refractivity contribution in [2.45, 2.75) is 6.42 Å². The molecule has 2 aromatic rings. The number of hydrogen-bond donors (Lipinski definition) is 1. The minimum atomic E-state index is 0.531. The molecule has 2 N–H and O–H groups in total. The predicted molar refractivity (Wildman–Crippen MR) is 62.3 cm³/mol. The summed E-state index contributed by atoms with van der Waals surface area (Å²) in [5.74, 6) is 5.00. The van der Waals surface area contributed by atoms with Gasteiger partial charge in [-0.3, -0.25) is 4.68 Å². The van der Waals surface area contributed by atoms with Crippen molar-refractivity contribution in [2.75, 3.05) is 6.61 Å². The highest BCUT2D eigenvalue weighted by atomic mass is 79.9. The summed E-state index contributed by atoms with van der Waals surface area (Å²) in [5, 5.41) is 5.41. The Kier molecular flexibility index (Phi) is 3.04. The molecule has 4 nitrogen and oxygen atoms in total. The minimum Gasteiger partial charge on any atom is -0.304 e. The summed E-state index contributed by atoms with van der Waals surface area (Å²) in [4.78, 5) is 4.56. The number of rotatable bonds is 3. The number of hydrogen-bond acceptors (Lipinski definition) is 3. The summed E-state index contributed by atoms with van der Waals surface area (Å²) < 4.78 is 2.72. The molecule has 0 atom stereocenters. The van der Waals surface area contributed by atoms with Crippen LogP contribution < -0.4 is 5.90 Å². The standard InChI is InChI=1S/C10H12BrN3O/c1-14-9-3-2-7(4-5-15-12)6-8(9)10(11)13-14/h2-3,6H,4-5,12H2,1H3. The fourth-order valence-electron chi connectivity index (χ4n) is 1.60. The van der Waals surface area contributed by atoms with Crippen LogP contribution in [0.5, 0.6) is 0 Å². The topological polar surface area (TPSA) is 53.1 Å². The molecule has 0 bridgehead atoms. The molecule has 0 amide bonds. The van der Waals surface area contributed by atoms with E-state index >= 15 is 0 Å². The van der Waals surface area contributed by atoms with Gasteiger partial charge in [0, 0.05) is 12.4 Å². The van der Waals surface area contributed by atoms with Crippen LogP contribution >= 0.6 is 15.9 Å². The van der Waals surface area contributed by atoms with E-state index in [1.807, 2.05) is 11.7 Å². The van der Waals surface area contributed by atoms with Crippen molar-refractivity contribution in [3.8, 4) is 0 Å². The number of benzene rings is 1. The van der Waals surface area contributed by atoms with Crippen molar-refractivity contribution in [1.82, 2.24) is 9.78 Å². The van der Waals surface area contributed by atoms with E-state index < -0.39 is 0 Å². The van der Waals surface area contributed by atoms with Crippen LogP contribution in [0.25, 0.3) is 10.9 Å². The Hall–Kier alpha value is -0.910. The Labute approximate surface area is 96.1 Å². The van der Waals surface area contributed by atoms with Crippen LogP contribution in [-0.2, 0) is 18.3 Å². The summed E-state index contributed by atoms with van der Waals surface area (Å²) in [5.41, 5.74) is 2.31. The predicted octanol–water partition coefficient (Wildman–Crippen LogP) is 1.77. The zero-order valence-electron chi connectivity index (χ0n) is 8.40. The Morgan fingerprint density at radius 3 is 3.07 bits per heavy atom. The van der Waals surface area contributed by atoms with Crippen molar-refractivity contribution < 1.29 is 4.84 Å². The molecule has 1 aromatic heterocycles. The second kappa shape index (κ2) is 4.30. The molecular weight excluding hydrogens is 258 g/mol. The first kappa shape index (κ1) is 10.6. The zero-order valence-corrected chi connectivity index (χ0v) is 9.99. The molecule has 0 aliphatic heterocycles. The van der Waals surface area contributed by atoms with Crippen molar-refractivity contribution in [3.63, 3.8) is 0 Å². The largest absolute Gasteiger partial charge is 0.304 e. The second-order valence-corrected chi connectivity index (χ2v) is 4.14. The third-order valence-electron chi connectivity index (χ3n) is 2.38. The van der Waals surface area contributed by atoms with Crippen LogP contribution in [0, 0.1) is 0 Å². The van der Waals surface area contributed by atoms with Gasteiger partial charge in [0.25, 0.3) is 0 Å². The quantitative estimate of drug-likeness (QED) is 0.865. The van der Waals surface area contributed by atoms with Gasteiger partial charge in [-0.05, 0) is 40.0 Å². The van der Waals surface area contributed by atoms with Crippen LogP contribution in [0.1, 0.15) is 5.56 Å². The highest BCUT2D eigenvalue weighted by molar-refractivity contribution is 9.10. The zero-order chi connectivity index (χ0) is 10.8. The number of nitrogens with two attached hydrogens (primary N) is 1. The normalized spacial score (nSPS) is 11.1. The lowest BCUT2D eigenvalue weighted by Crippen LogP contribution is -2.03. The second-order valence-electron chi connectivity index (χ2n) is 3.39. The average molecular weight is 270 g/mol. The van der Waals surface area contributed by atoms with Crippen LogP contribution in [0.4, 0.5) is 0 Å². The smallest absolute Gasteiger partial charge is 0.135 e. The van der Waals surface area contributed by atoms with Crippen LogP contribution in [-0.4, -0.2) is 16.4 Å². The van der Waals surface area contributed by atoms with Crippen LogP contribution in [0.15, 0.2) is 22.8 Å². The number of fused-ring (bicyclic) bond motifs is 1. The van der Waals surface area contributed by atoms with E-state index in [1.165, 1.54) is 5.56 Å². The molecule has 1 heterocycles. The average Bonchev–Trinajstić information content (AvgIpc) is 2.52. The molecule has 0 radical (unpaired) electrons. The Morgan fingerprint density at radius 2 is 2.33 bits per heavy atom. The van der Waals surface area contributed by atoms with E-state index in [1.54, 1.807) is 0 Å². The third kappa shape index (κ3) is 2.04. The van der Waals surface area contributed by atoms with Gasteiger partial charge in [0.1, 0.15) is 4.60 Å². The Bertz CT molecular complexity index is 481.